The predicted molar refractivity (Wildman–Crippen MR) is 116 cm³/mol. The van der Waals surface area contributed by atoms with E-state index < -0.39 is 34.2 Å². The molecule has 0 aliphatic heterocycles. The average molecular weight is 454 g/mol. The molecule has 0 aliphatic rings. The summed E-state index contributed by atoms with van der Waals surface area (Å²) in [5.41, 5.74) is -2.98. The van der Waals surface area contributed by atoms with Gasteiger partial charge in [0, 0.05) is 0 Å². The molecule has 0 amide bonds. The van der Waals surface area contributed by atoms with Crippen molar-refractivity contribution in [2.45, 2.75) is 0 Å². The van der Waals surface area contributed by atoms with Gasteiger partial charge in [-0.25, -0.2) is 9.13 Å². The molecule has 0 unspecified atom stereocenters. The fraction of sp³-hybridized carbons (Fsp3) is 0. The summed E-state index contributed by atoms with van der Waals surface area (Å²) in [5, 5.41) is 21.6. The van der Waals surface area contributed by atoms with Crippen LogP contribution in [0.1, 0.15) is 20.7 Å². The number of carboxylic acids is 2. The standard InChI is InChI=1S/C24H12N2O8/c27-19-15-9-17-18(22(30)26(21(17)29)14-7-3-12(4-8-14)24(33)34)10-16(15)20(28)25(19)13-5-1-11(2-6-13)23(31)32/h1-10H,(H,31,32)(H,33,34)/p-2. The quantitative estimate of drug-likeness (QED) is 0.321. The van der Waals surface area contributed by atoms with E-state index in [0.717, 1.165) is 9.13 Å². The summed E-state index contributed by atoms with van der Waals surface area (Å²) in [6, 6.07) is 12.2. The SMILES string of the molecule is O=C([O-])c1ccc(-n2c(=O)c3cc4c(=O)n(-c5ccc(C(=O)[O-])cc5)c(=O)c4cc3c2=O)cc1. The van der Waals surface area contributed by atoms with E-state index in [1.165, 1.54) is 60.7 Å². The fourth-order valence-corrected chi connectivity index (χ4v) is 3.94. The summed E-state index contributed by atoms with van der Waals surface area (Å²) in [6.45, 7) is 0. The van der Waals surface area contributed by atoms with Gasteiger partial charge in [0.15, 0.2) is 0 Å². The second-order valence-corrected chi connectivity index (χ2v) is 7.50. The zero-order valence-corrected chi connectivity index (χ0v) is 16.9. The minimum Gasteiger partial charge on any atom is -0.545 e. The summed E-state index contributed by atoms with van der Waals surface area (Å²) in [6.07, 6.45) is 0. The molecule has 5 aromatic rings. The first-order valence-corrected chi connectivity index (χ1v) is 9.77. The molecule has 10 nitrogen and oxygen atoms in total. The van der Waals surface area contributed by atoms with Crippen LogP contribution < -0.4 is 32.5 Å². The Kier molecular flexibility index (Phi) is 4.40. The van der Waals surface area contributed by atoms with E-state index >= 15 is 0 Å². The number of nitrogens with zero attached hydrogens (tertiary/aromatic N) is 2. The molecule has 0 spiro atoms. The van der Waals surface area contributed by atoms with Gasteiger partial charge >= 0.3 is 0 Å². The van der Waals surface area contributed by atoms with Gasteiger partial charge in [-0.1, -0.05) is 24.3 Å². The predicted octanol–water partition coefficient (Wildman–Crippen LogP) is -1.38. The zero-order chi connectivity index (χ0) is 24.3. The lowest BCUT2D eigenvalue weighted by molar-refractivity contribution is -0.256. The van der Waals surface area contributed by atoms with Crippen LogP contribution in [-0.2, 0) is 0 Å². The number of carboxylic acid groups (broad SMARTS) is 2. The minimum absolute atomic E-state index is 0.0805. The van der Waals surface area contributed by atoms with Gasteiger partial charge < -0.3 is 19.8 Å². The van der Waals surface area contributed by atoms with Crippen LogP contribution in [0.2, 0.25) is 0 Å². The summed E-state index contributed by atoms with van der Waals surface area (Å²) < 4.78 is 1.65. The summed E-state index contributed by atoms with van der Waals surface area (Å²) in [7, 11) is 0. The normalized spacial score (nSPS) is 11.3. The number of hydrogen-bond donors (Lipinski definition) is 0. The first kappa shape index (κ1) is 20.8. The van der Waals surface area contributed by atoms with Crippen LogP contribution in [0.3, 0.4) is 0 Å². The highest BCUT2D eigenvalue weighted by molar-refractivity contribution is 5.98. The molecule has 2 aromatic heterocycles. The smallest absolute Gasteiger partial charge is 0.266 e. The van der Waals surface area contributed by atoms with Gasteiger partial charge in [-0.05, 0) is 47.5 Å². The van der Waals surface area contributed by atoms with Crippen LogP contribution in [0, 0.1) is 0 Å². The topological polar surface area (TPSA) is 158 Å². The molecular formula is C24H10N2O8-2. The van der Waals surface area contributed by atoms with Crippen LogP contribution in [0.25, 0.3) is 32.9 Å². The molecule has 0 fully saturated rings. The Hall–Kier alpha value is -5.12. The molecule has 5 rings (SSSR count). The Morgan fingerprint density at radius 3 is 1.00 bits per heavy atom. The second-order valence-electron chi connectivity index (χ2n) is 7.50. The molecule has 0 saturated heterocycles. The molecule has 0 N–H and O–H groups in total. The van der Waals surface area contributed by atoms with Gasteiger partial charge in [-0.15, -0.1) is 0 Å². The van der Waals surface area contributed by atoms with E-state index in [0.29, 0.717) is 0 Å². The Morgan fingerprint density at radius 1 is 0.500 bits per heavy atom. The van der Waals surface area contributed by atoms with Crippen molar-refractivity contribution in [3.8, 4) is 11.4 Å². The van der Waals surface area contributed by atoms with Crippen LogP contribution in [-0.4, -0.2) is 21.1 Å². The van der Waals surface area contributed by atoms with Gasteiger partial charge in [-0.2, -0.15) is 0 Å². The van der Waals surface area contributed by atoms with Crippen LogP contribution in [0.5, 0.6) is 0 Å². The summed E-state index contributed by atoms with van der Waals surface area (Å²) in [4.78, 5) is 73.8. The third-order valence-corrected chi connectivity index (χ3v) is 5.61. The van der Waals surface area contributed by atoms with Crippen molar-refractivity contribution in [1.82, 2.24) is 9.13 Å². The number of benzene rings is 3. The fourth-order valence-electron chi connectivity index (χ4n) is 3.94. The van der Waals surface area contributed by atoms with Crippen LogP contribution in [0.15, 0.2) is 79.8 Å². The maximum atomic E-state index is 13.0. The number of carbonyl (C=O) groups excluding carboxylic acids is 2. The number of hydrogen-bond acceptors (Lipinski definition) is 8. The number of fused-ring (bicyclic) bond motifs is 2. The first-order valence-electron chi connectivity index (χ1n) is 9.77. The number of aromatic nitrogens is 2. The van der Waals surface area contributed by atoms with E-state index in [1.54, 1.807) is 0 Å². The van der Waals surface area contributed by atoms with E-state index in [2.05, 4.69) is 0 Å². The van der Waals surface area contributed by atoms with E-state index in [-0.39, 0.29) is 44.0 Å². The molecule has 0 aliphatic carbocycles. The molecular weight excluding hydrogens is 444 g/mol. The van der Waals surface area contributed by atoms with E-state index in [4.69, 9.17) is 0 Å². The average Bonchev–Trinajstić information content (AvgIpc) is 3.22. The second kappa shape index (κ2) is 7.20. The number of rotatable bonds is 4. The molecule has 34 heavy (non-hydrogen) atoms. The molecule has 166 valence electrons. The largest absolute Gasteiger partial charge is 0.545 e. The van der Waals surface area contributed by atoms with Gasteiger partial charge in [-0.3, -0.25) is 19.2 Å². The van der Waals surface area contributed by atoms with E-state index in [9.17, 15) is 39.0 Å². The van der Waals surface area contributed by atoms with Gasteiger partial charge in [0.25, 0.3) is 22.2 Å². The van der Waals surface area contributed by atoms with Gasteiger partial charge in [0.1, 0.15) is 0 Å². The Labute approximate surface area is 187 Å². The zero-order valence-electron chi connectivity index (χ0n) is 16.9. The van der Waals surface area contributed by atoms with Crippen molar-refractivity contribution in [3.05, 3.63) is 113 Å². The Bertz CT molecular complexity index is 1650. The number of carbonyl (C=O) groups is 2. The first-order chi connectivity index (χ1) is 16.2. The lowest BCUT2D eigenvalue weighted by Gasteiger charge is -2.04. The third kappa shape index (κ3) is 2.89. The molecule has 10 heteroatoms. The molecule has 0 atom stereocenters. The minimum atomic E-state index is -1.42. The van der Waals surface area contributed by atoms with Crippen molar-refractivity contribution < 1.29 is 19.8 Å². The van der Waals surface area contributed by atoms with Crippen LogP contribution in [0.4, 0.5) is 0 Å². The van der Waals surface area contributed by atoms with Crippen molar-refractivity contribution in [2.75, 3.05) is 0 Å². The highest BCUT2D eigenvalue weighted by Crippen LogP contribution is 2.18. The Balaban J connectivity index is 1.73. The van der Waals surface area contributed by atoms with Crippen molar-refractivity contribution in [1.29, 1.82) is 0 Å². The molecule has 0 radical (unpaired) electrons. The highest BCUT2D eigenvalue weighted by Gasteiger charge is 2.20. The van der Waals surface area contributed by atoms with Crippen molar-refractivity contribution in [3.63, 3.8) is 0 Å². The van der Waals surface area contributed by atoms with Gasteiger partial charge in [0.2, 0.25) is 0 Å². The highest BCUT2D eigenvalue weighted by atomic mass is 16.4. The molecule has 0 bridgehead atoms. The third-order valence-electron chi connectivity index (χ3n) is 5.61. The summed E-state index contributed by atoms with van der Waals surface area (Å²) >= 11 is 0. The number of aromatic carboxylic acids is 2. The molecule has 2 heterocycles. The maximum Gasteiger partial charge on any atom is 0.266 e. The Morgan fingerprint density at radius 2 is 0.765 bits per heavy atom. The lowest BCUT2D eigenvalue weighted by Crippen LogP contribution is -2.25. The monoisotopic (exact) mass is 454 g/mol. The molecule has 3 aromatic carbocycles. The summed E-state index contributed by atoms with van der Waals surface area (Å²) in [5.74, 6) is -2.83. The maximum absolute atomic E-state index is 13.0. The van der Waals surface area contributed by atoms with Crippen molar-refractivity contribution >= 4 is 33.5 Å². The lowest BCUT2D eigenvalue weighted by atomic mass is 10.1. The van der Waals surface area contributed by atoms with Crippen LogP contribution >= 0.6 is 0 Å². The van der Waals surface area contributed by atoms with Crippen molar-refractivity contribution in [2.24, 2.45) is 0 Å². The van der Waals surface area contributed by atoms with E-state index in [1.807, 2.05) is 0 Å². The molecule has 0 saturated carbocycles. The van der Waals surface area contributed by atoms with Gasteiger partial charge in [0.05, 0.1) is 44.9 Å².